The van der Waals surface area contributed by atoms with E-state index in [0.717, 1.165) is 24.1 Å². The number of hydrogen-bond acceptors (Lipinski definition) is 6. The quantitative estimate of drug-likeness (QED) is 0.888. The number of rotatable bonds is 4. The summed E-state index contributed by atoms with van der Waals surface area (Å²) in [5.41, 5.74) is 0. The molecule has 1 aliphatic heterocycles. The monoisotopic (exact) mass is 358 g/mol. The van der Waals surface area contributed by atoms with Crippen LogP contribution in [0, 0.1) is 0 Å². The SMILES string of the molecule is CS(=O)(=O)N1CCC[C@@H]1C(=O)Nc1nnc(C2CCCCC2)s1. The Hall–Kier alpha value is -1.06. The lowest BCUT2D eigenvalue weighted by molar-refractivity contribution is -0.119. The van der Waals surface area contributed by atoms with E-state index in [9.17, 15) is 13.2 Å². The van der Waals surface area contributed by atoms with Gasteiger partial charge in [-0.3, -0.25) is 10.1 Å². The molecule has 128 valence electrons. The van der Waals surface area contributed by atoms with Crippen LogP contribution in [0.1, 0.15) is 55.9 Å². The van der Waals surface area contributed by atoms with Crippen molar-refractivity contribution in [2.75, 3.05) is 18.1 Å². The Balaban J connectivity index is 1.65. The van der Waals surface area contributed by atoms with Gasteiger partial charge in [-0.25, -0.2) is 8.42 Å². The zero-order valence-corrected chi connectivity index (χ0v) is 14.8. The molecule has 7 nitrogen and oxygen atoms in total. The first kappa shape index (κ1) is 16.8. The molecule has 1 aromatic heterocycles. The van der Waals surface area contributed by atoms with Crippen LogP contribution in [-0.2, 0) is 14.8 Å². The number of anilines is 1. The maximum Gasteiger partial charge on any atom is 0.244 e. The first-order chi connectivity index (χ1) is 10.9. The predicted octanol–water partition coefficient (Wildman–Crippen LogP) is 1.95. The van der Waals surface area contributed by atoms with Crippen LogP contribution in [0.25, 0.3) is 0 Å². The van der Waals surface area contributed by atoms with Gasteiger partial charge in [0.1, 0.15) is 11.0 Å². The van der Waals surface area contributed by atoms with Crippen molar-refractivity contribution in [1.82, 2.24) is 14.5 Å². The van der Waals surface area contributed by atoms with Crippen LogP contribution in [0.15, 0.2) is 0 Å². The minimum atomic E-state index is -3.36. The fourth-order valence-corrected chi connectivity index (χ4v) is 5.43. The average molecular weight is 358 g/mol. The Morgan fingerprint density at radius 1 is 1.17 bits per heavy atom. The average Bonchev–Trinajstić information content (AvgIpc) is 3.16. The van der Waals surface area contributed by atoms with Gasteiger partial charge in [0.15, 0.2) is 0 Å². The number of hydrogen-bond donors (Lipinski definition) is 1. The molecule has 1 saturated carbocycles. The minimum absolute atomic E-state index is 0.306. The molecular formula is C14H22N4O3S2. The van der Waals surface area contributed by atoms with Gasteiger partial charge in [-0.2, -0.15) is 4.31 Å². The molecule has 9 heteroatoms. The molecule has 0 bridgehead atoms. The first-order valence-corrected chi connectivity index (χ1v) is 10.7. The fraction of sp³-hybridized carbons (Fsp3) is 0.786. The van der Waals surface area contributed by atoms with E-state index in [4.69, 9.17) is 0 Å². The molecule has 2 fully saturated rings. The summed E-state index contributed by atoms with van der Waals surface area (Å²) in [7, 11) is -3.36. The Labute approximate surface area is 140 Å². The number of nitrogens with one attached hydrogen (secondary N) is 1. The summed E-state index contributed by atoms with van der Waals surface area (Å²) in [6, 6.07) is -0.632. The fourth-order valence-electron chi connectivity index (χ4n) is 3.39. The molecule has 0 radical (unpaired) electrons. The maximum absolute atomic E-state index is 12.4. The standard InChI is InChI=1S/C14H22N4O3S2/c1-23(20,21)18-9-5-8-11(18)12(19)15-14-17-16-13(22-14)10-6-3-2-4-7-10/h10-11H,2-9H2,1H3,(H,15,17,19)/t11-/m1/s1. The number of aromatic nitrogens is 2. The lowest BCUT2D eigenvalue weighted by Gasteiger charge is -2.20. The van der Waals surface area contributed by atoms with E-state index >= 15 is 0 Å². The van der Waals surface area contributed by atoms with Crippen molar-refractivity contribution in [2.45, 2.75) is 56.9 Å². The van der Waals surface area contributed by atoms with Crippen LogP contribution >= 0.6 is 11.3 Å². The number of amides is 1. The van der Waals surface area contributed by atoms with Crippen molar-refractivity contribution >= 4 is 32.4 Å². The first-order valence-electron chi connectivity index (χ1n) is 8.06. The van der Waals surface area contributed by atoms with Gasteiger partial charge in [0.25, 0.3) is 0 Å². The maximum atomic E-state index is 12.4. The summed E-state index contributed by atoms with van der Waals surface area (Å²) in [5.74, 6) is 0.144. The van der Waals surface area contributed by atoms with Crippen molar-refractivity contribution in [3.05, 3.63) is 5.01 Å². The largest absolute Gasteiger partial charge is 0.299 e. The van der Waals surface area contributed by atoms with Crippen LogP contribution < -0.4 is 5.32 Å². The Kier molecular flexibility index (Phi) is 4.98. The molecule has 1 N–H and O–H groups in total. The van der Waals surface area contributed by atoms with Crippen LogP contribution in [0.3, 0.4) is 0 Å². The number of nitrogens with zero attached hydrogens (tertiary/aromatic N) is 3. The number of carbonyl (C=O) groups excluding carboxylic acids is 1. The molecule has 3 rings (SSSR count). The lowest BCUT2D eigenvalue weighted by atomic mass is 9.90. The lowest BCUT2D eigenvalue weighted by Crippen LogP contribution is -2.42. The van der Waals surface area contributed by atoms with Crippen molar-refractivity contribution in [3.63, 3.8) is 0 Å². The van der Waals surface area contributed by atoms with Gasteiger partial charge >= 0.3 is 0 Å². The van der Waals surface area contributed by atoms with Gasteiger partial charge < -0.3 is 0 Å². The molecule has 0 unspecified atom stereocenters. The molecule has 1 aliphatic carbocycles. The molecular weight excluding hydrogens is 336 g/mol. The molecule has 2 aliphatic rings. The van der Waals surface area contributed by atoms with Crippen LogP contribution in [-0.4, -0.2) is 47.7 Å². The van der Waals surface area contributed by atoms with Gasteiger partial charge in [-0.15, -0.1) is 10.2 Å². The summed E-state index contributed by atoms with van der Waals surface area (Å²) in [6.45, 7) is 0.403. The molecule has 1 atom stereocenters. The molecule has 0 aromatic carbocycles. The second-order valence-electron chi connectivity index (χ2n) is 6.30. The topological polar surface area (TPSA) is 92.3 Å². The third-order valence-corrected chi connectivity index (χ3v) is 6.85. The molecule has 2 heterocycles. The highest BCUT2D eigenvalue weighted by atomic mass is 32.2. The van der Waals surface area contributed by atoms with Gasteiger partial charge in [0.05, 0.1) is 6.26 Å². The molecule has 1 saturated heterocycles. The van der Waals surface area contributed by atoms with Crippen LogP contribution in [0.4, 0.5) is 5.13 Å². The number of sulfonamides is 1. The Morgan fingerprint density at radius 2 is 1.91 bits per heavy atom. The highest BCUT2D eigenvalue weighted by Crippen LogP contribution is 2.35. The van der Waals surface area contributed by atoms with Crippen molar-refractivity contribution < 1.29 is 13.2 Å². The summed E-state index contributed by atoms with van der Waals surface area (Å²) in [6.07, 6.45) is 8.38. The van der Waals surface area contributed by atoms with Gasteiger partial charge in [-0.1, -0.05) is 30.6 Å². The van der Waals surface area contributed by atoms with E-state index in [1.165, 1.54) is 34.9 Å². The summed E-state index contributed by atoms with van der Waals surface area (Å²) in [4.78, 5) is 12.4. The summed E-state index contributed by atoms with van der Waals surface area (Å²) in [5, 5.41) is 12.5. The van der Waals surface area contributed by atoms with Gasteiger partial charge in [0, 0.05) is 12.5 Å². The summed E-state index contributed by atoms with van der Waals surface area (Å²) >= 11 is 1.41. The molecule has 1 aromatic rings. The highest BCUT2D eigenvalue weighted by Gasteiger charge is 2.36. The van der Waals surface area contributed by atoms with E-state index in [-0.39, 0.29) is 5.91 Å². The third-order valence-electron chi connectivity index (χ3n) is 4.56. The zero-order valence-electron chi connectivity index (χ0n) is 13.2. The zero-order chi connectivity index (χ0) is 16.4. The molecule has 0 spiro atoms. The van der Waals surface area contributed by atoms with Gasteiger partial charge in [-0.05, 0) is 25.7 Å². The van der Waals surface area contributed by atoms with E-state index in [0.29, 0.717) is 30.4 Å². The summed E-state index contributed by atoms with van der Waals surface area (Å²) < 4.78 is 24.7. The number of carbonyl (C=O) groups is 1. The normalized spacial score (nSPS) is 24.0. The van der Waals surface area contributed by atoms with Crippen molar-refractivity contribution in [1.29, 1.82) is 0 Å². The van der Waals surface area contributed by atoms with Gasteiger partial charge in [0.2, 0.25) is 21.1 Å². The highest BCUT2D eigenvalue weighted by molar-refractivity contribution is 7.88. The van der Waals surface area contributed by atoms with Crippen molar-refractivity contribution in [3.8, 4) is 0 Å². The van der Waals surface area contributed by atoms with E-state index in [1.54, 1.807) is 0 Å². The minimum Gasteiger partial charge on any atom is -0.299 e. The smallest absolute Gasteiger partial charge is 0.244 e. The second kappa shape index (κ2) is 6.82. The van der Waals surface area contributed by atoms with Crippen LogP contribution in [0.2, 0.25) is 0 Å². The third kappa shape index (κ3) is 3.89. The second-order valence-corrected chi connectivity index (χ2v) is 9.25. The molecule has 23 heavy (non-hydrogen) atoms. The Morgan fingerprint density at radius 3 is 2.61 bits per heavy atom. The van der Waals surface area contributed by atoms with E-state index < -0.39 is 16.1 Å². The van der Waals surface area contributed by atoms with E-state index in [1.807, 2.05) is 0 Å². The van der Waals surface area contributed by atoms with Crippen LogP contribution in [0.5, 0.6) is 0 Å². The van der Waals surface area contributed by atoms with Crippen molar-refractivity contribution in [2.24, 2.45) is 0 Å². The predicted molar refractivity (Wildman–Crippen MR) is 88.9 cm³/mol. The Bertz CT molecular complexity index is 667. The van der Waals surface area contributed by atoms with E-state index in [2.05, 4.69) is 15.5 Å². The molecule has 1 amide bonds.